The van der Waals surface area contributed by atoms with E-state index in [1.54, 1.807) is 13.8 Å². The minimum atomic E-state index is -1.93. The van der Waals surface area contributed by atoms with Crippen molar-refractivity contribution in [2.75, 3.05) is 33.0 Å². The van der Waals surface area contributed by atoms with Crippen LogP contribution in [-0.4, -0.2) is 296 Å². The van der Waals surface area contributed by atoms with Gasteiger partial charge in [0.1, 0.15) is 122 Å². The van der Waals surface area contributed by atoms with Crippen molar-refractivity contribution in [3.8, 4) is 0 Å². The van der Waals surface area contributed by atoms with E-state index >= 15 is 0 Å². The lowest BCUT2D eigenvalue weighted by Gasteiger charge is -2.66. The van der Waals surface area contributed by atoms with Crippen LogP contribution in [0.25, 0.3) is 0 Å². The van der Waals surface area contributed by atoms with Gasteiger partial charge in [0, 0.05) is 5.41 Å². The zero-order chi connectivity index (χ0) is 64.7. The Labute approximate surface area is 512 Å². The third-order valence-corrected chi connectivity index (χ3v) is 22.8. The summed E-state index contributed by atoms with van der Waals surface area (Å²) in [6.45, 7) is 13.5. The van der Waals surface area contributed by atoms with E-state index in [2.05, 4.69) is 47.6 Å². The molecule has 8 unspecified atom stereocenters. The predicted octanol–water partition coefficient (Wildman–Crippen LogP) is -4.38. The molecule has 0 radical (unpaired) electrons. The Balaban J connectivity index is 0.871. The molecule has 5 saturated heterocycles. The molecule has 8 fully saturated rings. The zero-order valence-corrected chi connectivity index (χ0v) is 51.5. The molecule has 28 heteroatoms. The highest BCUT2D eigenvalue weighted by Gasteiger charge is 2.68. The number of allylic oxidation sites excluding steroid dienone is 1. The molecule has 0 spiro atoms. The van der Waals surface area contributed by atoms with E-state index in [0.29, 0.717) is 18.8 Å². The molecule has 3 saturated carbocycles. The molecular weight excluding hydrogens is 1170 g/mol. The van der Waals surface area contributed by atoms with Crippen molar-refractivity contribution in [3.05, 3.63) is 11.6 Å². The molecule has 9 rings (SSSR count). The molecule has 34 atom stereocenters. The molecule has 0 aromatic rings. The van der Waals surface area contributed by atoms with Crippen LogP contribution in [0.15, 0.2) is 11.6 Å². The third-order valence-electron chi connectivity index (χ3n) is 22.8. The molecule has 88 heavy (non-hydrogen) atoms. The maximum Gasteiger partial charge on any atom is 0.187 e. The normalized spacial score (nSPS) is 51.4. The van der Waals surface area contributed by atoms with Gasteiger partial charge in [-0.3, -0.25) is 0 Å². The molecular formula is C60H102O28. The van der Waals surface area contributed by atoms with Gasteiger partial charge in [-0.25, -0.2) is 0 Å². The second-order valence-electron chi connectivity index (χ2n) is 28.6. The SMILES string of the molecule is CC(CCC(O[C@@H]1O[C@H](CO[C@@H]2O[C@H](CO)[C@@H](O)[C@H](O)[C@H]2O)[C@@H](O)[C@H](O)[C@H]1O[C@@H]1O[C@H](CO)[C@@H](O)[C@H](O)[C@H]1O)C(C)(C)O)C1CCC2(C)C3CC=C4C(CC[C@H](O[C@@H]5O[C@H](CO[C@@H]6O[C@H](CO)[C@@H](O)[C@H](O)[C@H]6O)[C@@H](O)[C@H](O)[C@H]5O)C4(C)C)C3(C)CCC12C. The molecule has 5 heterocycles. The number of rotatable bonds is 20. The Morgan fingerprint density at radius 2 is 0.943 bits per heavy atom. The first-order valence-corrected chi connectivity index (χ1v) is 31.5. The summed E-state index contributed by atoms with van der Waals surface area (Å²) in [5.41, 5.74) is -1.21. The summed E-state index contributed by atoms with van der Waals surface area (Å²) >= 11 is 0. The minimum absolute atomic E-state index is 0.0854. The van der Waals surface area contributed by atoms with Gasteiger partial charge in [0.2, 0.25) is 0 Å². The van der Waals surface area contributed by atoms with Gasteiger partial charge in [0.05, 0.1) is 50.8 Å². The predicted molar refractivity (Wildman–Crippen MR) is 299 cm³/mol. The van der Waals surface area contributed by atoms with E-state index < -0.39 is 210 Å². The first-order chi connectivity index (χ1) is 41.2. The number of ether oxygens (including phenoxy) is 10. The van der Waals surface area contributed by atoms with Crippen LogP contribution in [-0.2, 0) is 47.4 Å². The summed E-state index contributed by atoms with van der Waals surface area (Å²) in [7, 11) is 0. The molecule has 28 nitrogen and oxygen atoms in total. The van der Waals surface area contributed by atoms with E-state index in [0.717, 1.165) is 38.5 Å². The number of hydrogen-bond donors (Lipinski definition) is 18. The maximum absolute atomic E-state index is 11.8. The summed E-state index contributed by atoms with van der Waals surface area (Å²) in [5, 5.41) is 192. The quantitative estimate of drug-likeness (QED) is 0.0512. The first-order valence-electron chi connectivity index (χ1n) is 31.5. The molecule has 510 valence electrons. The number of aliphatic hydroxyl groups excluding tert-OH is 17. The summed E-state index contributed by atoms with van der Waals surface area (Å²) in [6, 6.07) is 0. The fraction of sp³-hybridized carbons (Fsp3) is 0.967. The van der Waals surface area contributed by atoms with Gasteiger partial charge in [0.15, 0.2) is 31.5 Å². The van der Waals surface area contributed by atoms with E-state index in [9.17, 15) is 91.9 Å². The number of aliphatic hydroxyl groups is 18. The molecule has 4 aliphatic carbocycles. The van der Waals surface area contributed by atoms with Crippen LogP contribution < -0.4 is 0 Å². The molecule has 0 aromatic heterocycles. The smallest absolute Gasteiger partial charge is 0.187 e. The Morgan fingerprint density at radius 3 is 1.44 bits per heavy atom. The van der Waals surface area contributed by atoms with Gasteiger partial charge in [-0.05, 0) is 112 Å². The van der Waals surface area contributed by atoms with Gasteiger partial charge in [0.25, 0.3) is 0 Å². The highest BCUT2D eigenvalue weighted by Crippen LogP contribution is 2.75. The van der Waals surface area contributed by atoms with Gasteiger partial charge in [-0.1, -0.05) is 53.2 Å². The Bertz CT molecular complexity index is 2310. The van der Waals surface area contributed by atoms with E-state index in [1.165, 1.54) is 5.57 Å². The number of fused-ring (bicyclic) bond motifs is 5. The zero-order valence-electron chi connectivity index (χ0n) is 51.5. The highest BCUT2D eigenvalue weighted by molar-refractivity contribution is 5.30. The summed E-state index contributed by atoms with van der Waals surface area (Å²) < 4.78 is 59.5. The Hall–Kier alpha value is -1.38. The van der Waals surface area contributed by atoms with Gasteiger partial charge in [-0.15, -0.1) is 0 Å². The van der Waals surface area contributed by atoms with Crippen molar-refractivity contribution in [2.45, 2.75) is 285 Å². The molecule has 0 aromatic carbocycles. The lowest BCUT2D eigenvalue weighted by atomic mass is 9.39. The Kier molecular flexibility index (Phi) is 22.1. The average molecular weight is 1270 g/mol. The maximum atomic E-state index is 11.8. The second kappa shape index (κ2) is 27.4. The lowest BCUT2D eigenvalue weighted by Crippen LogP contribution is -2.65. The number of hydrogen-bond acceptors (Lipinski definition) is 28. The van der Waals surface area contributed by atoms with Gasteiger partial charge in [-0.2, -0.15) is 0 Å². The molecule has 5 aliphatic heterocycles. The van der Waals surface area contributed by atoms with Crippen LogP contribution >= 0.6 is 0 Å². The van der Waals surface area contributed by atoms with Crippen molar-refractivity contribution in [3.63, 3.8) is 0 Å². The van der Waals surface area contributed by atoms with Crippen molar-refractivity contribution in [1.82, 2.24) is 0 Å². The van der Waals surface area contributed by atoms with E-state index in [4.69, 9.17) is 47.4 Å². The van der Waals surface area contributed by atoms with Crippen LogP contribution in [0.4, 0.5) is 0 Å². The lowest BCUT2D eigenvalue weighted by molar-refractivity contribution is -0.380. The van der Waals surface area contributed by atoms with Crippen molar-refractivity contribution >= 4 is 0 Å². The minimum Gasteiger partial charge on any atom is -0.394 e. The third kappa shape index (κ3) is 13.0. The topological polar surface area (TPSA) is 456 Å². The summed E-state index contributed by atoms with van der Waals surface area (Å²) in [6.07, 6.45) is -33.6. The van der Waals surface area contributed by atoms with Gasteiger partial charge < -0.3 is 139 Å². The van der Waals surface area contributed by atoms with Crippen LogP contribution in [0, 0.1) is 45.3 Å². The fourth-order valence-electron chi connectivity index (χ4n) is 17.0. The largest absolute Gasteiger partial charge is 0.394 e. The monoisotopic (exact) mass is 1270 g/mol. The van der Waals surface area contributed by atoms with Crippen LogP contribution in [0.3, 0.4) is 0 Å². The second-order valence-corrected chi connectivity index (χ2v) is 28.6. The molecule has 18 N–H and O–H groups in total. The highest BCUT2D eigenvalue weighted by atomic mass is 16.8. The van der Waals surface area contributed by atoms with Crippen LogP contribution in [0.5, 0.6) is 0 Å². The van der Waals surface area contributed by atoms with E-state index in [1.807, 2.05) is 0 Å². The van der Waals surface area contributed by atoms with Crippen LogP contribution in [0.2, 0.25) is 0 Å². The van der Waals surface area contributed by atoms with Gasteiger partial charge >= 0.3 is 0 Å². The summed E-state index contributed by atoms with van der Waals surface area (Å²) in [5.74, 6) is 0.828. The molecule has 0 bridgehead atoms. The van der Waals surface area contributed by atoms with E-state index in [-0.39, 0.29) is 40.4 Å². The average Bonchev–Trinajstić information content (AvgIpc) is 1.42. The Morgan fingerprint density at radius 1 is 0.500 bits per heavy atom. The molecule has 0 amide bonds. The first kappa shape index (κ1) is 70.9. The van der Waals surface area contributed by atoms with Crippen molar-refractivity contribution in [2.24, 2.45) is 45.3 Å². The summed E-state index contributed by atoms with van der Waals surface area (Å²) in [4.78, 5) is 0. The van der Waals surface area contributed by atoms with Crippen molar-refractivity contribution < 1.29 is 139 Å². The fourth-order valence-corrected chi connectivity index (χ4v) is 17.0. The van der Waals surface area contributed by atoms with Crippen molar-refractivity contribution in [1.29, 1.82) is 0 Å². The molecule has 9 aliphatic rings. The van der Waals surface area contributed by atoms with Crippen LogP contribution in [0.1, 0.15) is 113 Å². The standard InChI is InChI=1S/C60H102O28/c1-24(9-13-35(57(4,5)78)87-55-50(88-54-49(77)43(71)38(66)30(21-63)83-54)45(73)40(68)32(85-55)23-80-52-47(75)42(70)37(65)29(20-62)82-52)25-15-16-60(8)33-12-10-26-27(58(33,6)17-18-59(25,60)7)11-14-34(56(26,2)3)86-53-48(76)44(72)39(67)31(84-53)22-79-51-46(74)41(69)36(64)28(19-61)81-51/h10,24-25,27-55,61-78H,9,11-23H2,1-8H3/t24?,25?,27?,28-,29-,30-,31-,32-,33?,34+,35?,36-,37-,38-,39-,40-,41+,42+,43+,44+,45+,46-,47-,48-,49-,50-,51-,52-,53+,54+,55+,58?,59?,60?/m1/s1.